The van der Waals surface area contributed by atoms with Crippen LogP contribution in [0.15, 0.2) is 23.1 Å². The van der Waals surface area contributed by atoms with E-state index in [0.29, 0.717) is 43.3 Å². The van der Waals surface area contributed by atoms with E-state index < -0.39 is 10.0 Å². The molecule has 0 saturated carbocycles. The van der Waals surface area contributed by atoms with Crippen molar-refractivity contribution in [2.24, 2.45) is 5.92 Å². The zero-order valence-corrected chi connectivity index (χ0v) is 14.6. The van der Waals surface area contributed by atoms with Crippen molar-refractivity contribution >= 4 is 21.6 Å². The van der Waals surface area contributed by atoms with Gasteiger partial charge in [0.25, 0.3) is 0 Å². The SMILES string of the molecule is CCN1C(=O)CCc2cc(S(=O)(=O)N3CCC(C)CC3)ccc21. The molecule has 23 heavy (non-hydrogen) atoms. The highest BCUT2D eigenvalue weighted by Gasteiger charge is 2.30. The van der Waals surface area contributed by atoms with Crippen molar-refractivity contribution in [1.82, 2.24) is 4.31 Å². The van der Waals surface area contributed by atoms with E-state index in [1.54, 1.807) is 27.4 Å². The molecule has 2 aliphatic heterocycles. The number of benzene rings is 1. The van der Waals surface area contributed by atoms with Crippen molar-refractivity contribution in [1.29, 1.82) is 0 Å². The van der Waals surface area contributed by atoms with Crippen molar-refractivity contribution in [3.8, 4) is 0 Å². The van der Waals surface area contributed by atoms with E-state index in [1.807, 2.05) is 6.92 Å². The predicted molar refractivity (Wildman–Crippen MR) is 89.9 cm³/mol. The van der Waals surface area contributed by atoms with E-state index in [9.17, 15) is 13.2 Å². The standard InChI is InChI=1S/C17H24N2O3S/c1-3-19-16-6-5-15(12-14(16)4-7-17(19)20)23(21,22)18-10-8-13(2)9-11-18/h5-6,12-13H,3-4,7-11H2,1-2H3. The van der Waals surface area contributed by atoms with Gasteiger partial charge in [0.15, 0.2) is 0 Å². The molecular weight excluding hydrogens is 312 g/mol. The smallest absolute Gasteiger partial charge is 0.243 e. The van der Waals surface area contributed by atoms with Crippen LogP contribution in [0.3, 0.4) is 0 Å². The lowest BCUT2D eigenvalue weighted by Crippen LogP contribution is -2.38. The Hall–Kier alpha value is -1.40. The minimum atomic E-state index is -3.43. The highest BCUT2D eigenvalue weighted by Crippen LogP contribution is 2.31. The van der Waals surface area contributed by atoms with Crippen LogP contribution in [0.1, 0.15) is 38.7 Å². The van der Waals surface area contributed by atoms with Crippen LogP contribution >= 0.6 is 0 Å². The molecule has 1 aromatic rings. The van der Waals surface area contributed by atoms with E-state index in [-0.39, 0.29) is 5.91 Å². The number of hydrogen-bond acceptors (Lipinski definition) is 3. The number of aryl methyl sites for hydroxylation is 1. The summed E-state index contributed by atoms with van der Waals surface area (Å²) >= 11 is 0. The van der Waals surface area contributed by atoms with Crippen molar-refractivity contribution in [3.05, 3.63) is 23.8 Å². The van der Waals surface area contributed by atoms with Crippen LogP contribution in [-0.2, 0) is 21.2 Å². The third-order valence-corrected chi connectivity index (χ3v) is 6.84. The molecule has 2 heterocycles. The van der Waals surface area contributed by atoms with Gasteiger partial charge in [0.1, 0.15) is 0 Å². The summed E-state index contributed by atoms with van der Waals surface area (Å²) < 4.78 is 27.3. The summed E-state index contributed by atoms with van der Waals surface area (Å²) in [6.45, 7) is 5.91. The number of carbonyl (C=O) groups excluding carboxylic acids is 1. The Morgan fingerprint density at radius 1 is 1.17 bits per heavy atom. The summed E-state index contributed by atoms with van der Waals surface area (Å²) in [5, 5.41) is 0. The van der Waals surface area contributed by atoms with E-state index >= 15 is 0 Å². The molecule has 1 fully saturated rings. The number of rotatable bonds is 3. The quantitative estimate of drug-likeness (QED) is 0.852. The van der Waals surface area contributed by atoms with Gasteiger partial charge in [-0.05, 0) is 55.9 Å². The van der Waals surface area contributed by atoms with Crippen LogP contribution in [0.2, 0.25) is 0 Å². The average Bonchev–Trinajstić information content (AvgIpc) is 2.54. The maximum Gasteiger partial charge on any atom is 0.243 e. The Labute approximate surface area is 138 Å². The fourth-order valence-electron chi connectivity index (χ4n) is 3.42. The Balaban J connectivity index is 1.91. The average molecular weight is 336 g/mol. The lowest BCUT2D eigenvalue weighted by atomic mass is 10.0. The van der Waals surface area contributed by atoms with Crippen LogP contribution in [-0.4, -0.2) is 38.3 Å². The second-order valence-corrected chi connectivity index (χ2v) is 8.45. The predicted octanol–water partition coefficient (Wildman–Crippen LogP) is 2.41. The van der Waals surface area contributed by atoms with Gasteiger partial charge >= 0.3 is 0 Å². The number of sulfonamides is 1. The molecule has 2 aliphatic rings. The maximum atomic E-state index is 12.8. The number of piperidine rings is 1. The first-order chi connectivity index (χ1) is 10.9. The minimum absolute atomic E-state index is 0.112. The normalized spacial score (nSPS) is 20.6. The van der Waals surface area contributed by atoms with Crippen LogP contribution < -0.4 is 4.90 Å². The molecule has 5 nitrogen and oxygen atoms in total. The van der Waals surface area contributed by atoms with Crippen LogP contribution in [0, 0.1) is 5.92 Å². The molecule has 0 unspecified atom stereocenters. The first-order valence-corrected chi connectivity index (χ1v) is 9.81. The summed E-state index contributed by atoms with van der Waals surface area (Å²) in [5.74, 6) is 0.703. The molecule has 0 N–H and O–H groups in total. The number of hydrogen-bond donors (Lipinski definition) is 0. The molecule has 1 amide bonds. The van der Waals surface area contributed by atoms with Crippen LogP contribution in [0.4, 0.5) is 5.69 Å². The molecule has 6 heteroatoms. The van der Waals surface area contributed by atoms with E-state index in [1.165, 1.54) is 0 Å². The molecule has 1 saturated heterocycles. The van der Waals surface area contributed by atoms with Crippen molar-refractivity contribution in [3.63, 3.8) is 0 Å². The van der Waals surface area contributed by atoms with Crippen molar-refractivity contribution in [2.45, 2.75) is 44.4 Å². The van der Waals surface area contributed by atoms with Gasteiger partial charge in [-0.1, -0.05) is 6.92 Å². The second kappa shape index (κ2) is 6.24. The van der Waals surface area contributed by atoms with E-state index in [2.05, 4.69) is 6.92 Å². The number of fused-ring (bicyclic) bond motifs is 1. The zero-order chi connectivity index (χ0) is 16.6. The Kier molecular flexibility index (Phi) is 4.47. The molecule has 0 bridgehead atoms. The third kappa shape index (κ3) is 3.02. The summed E-state index contributed by atoms with van der Waals surface area (Å²) in [7, 11) is -3.43. The molecule has 3 rings (SSSR count). The highest BCUT2D eigenvalue weighted by molar-refractivity contribution is 7.89. The second-order valence-electron chi connectivity index (χ2n) is 6.52. The topological polar surface area (TPSA) is 57.7 Å². The van der Waals surface area contributed by atoms with Gasteiger partial charge in [0.2, 0.25) is 15.9 Å². The van der Waals surface area contributed by atoms with Gasteiger partial charge in [-0.3, -0.25) is 4.79 Å². The zero-order valence-electron chi connectivity index (χ0n) is 13.8. The van der Waals surface area contributed by atoms with E-state index in [0.717, 1.165) is 24.1 Å². The Morgan fingerprint density at radius 3 is 2.52 bits per heavy atom. The number of anilines is 1. The molecule has 126 valence electrons. The third-order valence-electron chi connectivity index (χ3n) is 4.95. The summed E-state index contributed by atoms with van der Waals surface area (Å²) in [6.07, 6.45) is 2.90. The van der Waals surface area contributed by atoms with Gasteiger partial charge in [-0.15, -0.1) is 0 Å². The monoisotopic (exact) mass is 336 g/mol. The highest BCUT2D eigenvalue weighted by atomic mass is 32.2. The van der Waals surface area contributed by atoms with Gasteiger partial charge in [-0.25, -0.2) is 8.42 Å². The van der Waals surface area contributed by atoms with Gasteiger partial charge < -0.3 is 4.90 Å². The maximum absolute atomic E-state index is 12.8. The van der Waals surface area contributed by atoms with E-state index in [4.69, 9.17) is 0 Å². The minimum Gasteiger partial charge on any atom is -0.312 e. The van der Waals surface area contributed by atoms with Crippen molar-refractivity contribution in [2.75, 3.05) is 24.5 Å². The van der Waals surface area contributed by atoms with Gasteiger partial charge in [0.05, 0.1) is 4.90 Å². The summed E-state index contributed by atoms with van der Waals surface area (Å²) in [6, 6.07) is 5.20. The first-order valence-electron chi connectivity index (χ1n) is 8.37. The lowest BCUT2D eigenvalue weighted by Gasteiger charge is -2.31. The molecule has 0 radical (unpaired) electrons. The number of carbonyl (C=O) groups is 1. The molecule has 0 aliphatic carbocycles. The van der Waals surface area contributed by atoms with Gasteiger partial charge in [-0.2, -0.15) is 4.31 Å². The number of amides is 1. The lowest BCUT2D eigenvalue weighted by molar-refractivity contribution is -0.118. The van der Waals surface area contributed by atoms with Gasteiger partial charge in [0, 0.05) is 31.7 Å². The summed E-state index contributed by atoms with van der Waals surface area (Å²) in [4.78, 5) is 14.0. The largest absolute Gasteiger partial charge is 0.312 e. The molecular formula is C17H24N2O3S. The molecule has 0 spiro atoms. The fraction of sp³-hybridized carbons (Fsp3) is 0.588. The molecule has 1 aromatic carbocycles. The Bertz CT molecular complexity index is 707. The Morgan fingerprint density at radius 2 is 1.87 bits per heavy atom. The molecule has 0 aromatic heterocycles. The summed E-state index contributed by atoms with van der Waals surface area (Å²) in [5.41, 5.74) is 1.81. The van der Waals surface area contributed by atoms with Crippen LogP contribution in [0.25, 0.3) is 0 Å². The van der Waals surface area contributed by atoms with Crippen molar-refractivity contribution < 1.29 is 13.2 Å². The first kappa shape index (κ1) is 16.5. The number of nitrogens with zero attached hydrogens (tertiary/aromatic N) is 2. The van der Waals surface area contributed by atoms with Crippen LogP contribution in [0.5, 0.6) is 0 Å². The molecule has 0 atom stereocenters. The fourth-order valence-corrected chi connectivity index (χ4v) is 4.94.